The summed E-state index contributed by atoms with van der Waals surface area (Å²) in [5, 5.41) is 21.7. The zero-order valence-corrected chi connectivity index (χ0v) is 16.5. The van der Waals surface area contributed by atoms with Gasteiger partial charge in [0.1, 0.15) is 17.7 Å². The van der Waals surface area contributed by atoms with Crippen molar-refractivity contribution in [1.82, 2.24) is 15.2 Å². The van der Waals surface area contributed by atoms with Crippen LogP contribution in [0.3, 0.4) is 0 Å². The molecule has 3 aliphatic heterocycles. The van der Waals surface area contributed by atoms with Crippen molar-refractivity contribution in [3.63, 3.8) is 0 Å². The third kappa shape index (κ3) is 4.13. The number of rotatable bonds is 7. The molecule has 8 heteroatoms. The second-order valence-corrected chi connectivity index (χ2v) is 7.76. The predicted octanol–water partition coefficient (Wildman–Crippen LogP) is 1.60. The number of aromatic nitrogens is 1. The van der Waals surface area contributed by atoms with Crippen molar-refractivity contribution < 1.29 is 14.3 Å². The van der Waals surface area contributed by atoms with Crippen LogP contribution < -0.4 is 10.2 Å². The first kappa shape index (κ1) is 20.3. The first-order chi connectivity index (χ1) is 14.6. The number of nitrogens with one attached hydrogen (secondary N) is 1. The number of carbonyl (C=O) groups is 1. The molecule has 2 N–H and O–H groups in total. The molecule has 0 spiro atoms. The molecule has 4 heterocycles. The van der Waals surface area contributed by atoms with Crippen LogP contribution in [0.4, 0.5) is 10.2 Å². The van der Waals surface area contributed by atoms with Crippen LogP contribution in [0.5, 0.6) is 0 Å². The van der Waals surface area contributed by atoms with Crippen molar-refractivity contribution in [2.75, 3.05) is 31.1 Å². The summed E-state index contributed by atoms with van der Waals surface area (Å²) in [4.78, 5) is 21.2. The summed E-state index contributed by atoms with van der Waals surface area (Å²) in [6.45, 7) is 1.64. The molecule has 0 saturated carbocycles. The van der Waals surface area contributed by atoms with Crippen molar-refractivity contribution in [2.45, 2.75) is 31.0 Å². The second kappa shape index (κ2) is 8.78. The zero-order chi connectivity index (χ0) is 21.1. The molecule has 1 amide bonds. The summed E-state index contributed by atoms with van der Waals surface area (Å²) in [7, 11) is 0. The molecular weight excluding hydrogens is 385 g/mol. The molecule has 7 nitrogen and oxygen atoms in total. The SMILES string of the molecule is N#Cc1ccc(N2C3CC2CN(C(=O)CCN[C@@H](CO)c2ccc(F)cc2)C3)nc1. The van der Waals surface area contributed by atoms with Gasteiger partial charge in [-0.25, -0.2) is 9.37 Å². The third-order valence-corrected chi connectivity index (χ3v) is 5.87. The van der Waals surface area contributed by atoms with Gasteiger partial charge in [0.15, 0.2) is 0 Å². The lowest BCUT2D eigenvalue weighted by molar-refractivity contribution is -0.134. The average Bonchev–Trinajstić information content (AvgIpc) is 2.78. The van der Waals surface area contributed by atoms with Gasteiger partial charge in [0.05, 0.1) is 30.3 Å². The van der Waals surface area contributed by atoms with Crippen molar-refractivity contribution in [3.8, 4) is 6.07 Å². The lowest BCUT2D eigenvalue weighted by atomic mass is 9.87. The van der Waals surface area contributed by atoms with E-state index in [4.69, 9.17) is 5.26 Å². The summed E-state index contributed by atoms with van der Waals surface area (Å²) in [5.74, 6) is 0.620. The Morgan fingerprint density at radius 3 is 2.60 bits per heavy atom. The number of amides is 1. The van der Waals surface area contributed by atoms with Gasteiger partial charge in [-0.3, -0.25) is 4.79 Å². The van der Waals surface area contributed by atoms with Gasteiger partial charge in [0.25, 0.3) is 0 Å². The highest BCUT2D eigenvalue weighted by molar-refractivity contribution is 5.77. The highest BCUT2D eigenvalue weighted by Gasteiger charge is 2.46. The Bertz CT molecular complexity index is 916. The minimum Gasteiger partial charge on any atom is -0.394 e. The number of aliphatic hydroxyl groups is 1. The number of fused-ring (bicyclic) bond motifs is 2. The number of aliphatic hydroxyl groups excluding tert-OH is 1. The van der Waals surface area contributed by atoms with Gasteiger partial charge >= 0.3 is 0 Å². The highest BCUT2D eigenvalue weighted by Crippen LogP contribution is 2.36. The fraction of sp³-hybridized carbons (Fsp3) is 0.409. The number of carbonyl (C=O) groups excluding carboxylic acids is 1. The number of piperazine rings is 1. The van der Waals surface area contributed by atoms with Crippen LogP contribution in [-0.2, 0) is 4.79 Å². The molecule has 3 aliphatic rings. The van der Waals surface area contributed by atoms with Crippen LogP contribution in [0.15, 0.2) is 42.6 Å². The summed E-state index contributed by atoms with van der Waals surface area (Å²) in [6.07, 6.45) is 2.96. The van der Waals surface area contributed by atoms with Gasteiger partial charge in [-0.1, -0.05) is 12.1 Å². The third-order valence-electron chi connectivity index (χ3n) is 5.87. The van der Waals surface area contributed by atoms with Crippen LogP contribution in [0.25, 0.3) is 0 Å². The maximum absolute atomic E-state index is 13.1. The Hall–Kier alpha value is -3.02. The fourth-order valence-electron chi connectivity index (χ4n) is 4.29. The van der Waals surface area contributed by atoms with Crippen LogP contribution >= 0.6 is 0 Å². The Balaban J connectivity index is 1.26. The van der Waals surface area contributed by atoms with E-state index in [0.29, 0.717) is 31.6 Å². The molecule has 30 heavy (non-hydrogen) atoms. The van der Waals surface area contributed by atoms with E-state index in [1.165, 1.54) is 12.1 Å². The van der Waals surface area contributed by atoms with E-state index in [2.05, 4.69) is 21.3 Å². The van der Waals surface area contributed by atoms with Crippen LogP contribution in [0.1, 0.15) is 30.0 Å². The summed E-state index contributed by atoms with van der Waals surface area (Å²) in [6, 6.07) is 11.9. The van der Waals surface area contributed by atoms with Gasteiger partial charge in [-0.05, 0) is 36.2 Å². The minimum atomic E-state index is -0.328. The lowest BCUT2D eigenvalue weighted by Gasteiger charge is -2.57. The maximum Gasteiger partial charge on any atom is 0.223 e. The molecule has 3 atom stereocenters. The van der Waals surface area contributed by atoms with Gasteiger partial charge in [0, 0.05) is 32.3 Å². The summed E-state index contributed by atoms with van der Waals surface area (Å²) < 4.78 is 13.1. The van der Waals surface area contributed by atoms with E-state index < -0.39 is 0 Å². The first-order valence-corrected chi connectivity index (χ1v) is 10.1. The Morgan fingerprint density at radius 2 is 2.00 bits per heavy atom. The van der Waals surface area contributed by atoms with Crippen molar-refractivity contribution in [1.29, 1.82) is 5.26 Å². The van der Waals surface area contributed by atoms with E-state index >= 15 is 0 Å². The lowest BCUT2D eigenvalue weighted by Crippen LogP contribution is -2.70. The number of piperidine rings is 1. The molecule has 2 unspecified atom stereocenters. The molecule has 3 fully saturated rings. The number of nitrogens with zero attached hydrogens (tertiary/aromatic N) is 4. The molecule has 2 aromatic rings. The topological polar surface area (TPSA) is 92.5 Å². The predicted molar refractivity (Wildman–Crippen MR) is 109 cm³/mol. The van der Waals surface area contributed by atoms with E-state index in [-0.39, 0.29) is 36.5 Å². The number of hydrogen-bond donors (Lipinski definition) is 2. The summed E-state index contributed by atoms with van der Waals surface area (Å²) in [5.41, 5.74) is 1.33. The zero-order valence-electron chi connectivity index (χ0n) is 16.5. The molecule has 0 radical (unpaired) electrons. The first-order valence-electron chi connectivity index (χ1n) is 10.1. The number of benzene rings is 1. The Labute approximate surface area is 174 Å². The molecular formula is C22H24FN5O2. The number of nitriles is 1. The largest absolute Gasteiger partial charge is 0.394 e. The number of halogens is 1. The monoisotopic (exact) mass is 409 g/mol. The average molecular weight is 409 g/mol. The quantitative estimate of drug-likeness (QED) is 0.722. The number of pyridine rings is 1. The molecule has 156 valence electrons. The fourth-order valence-corrected chi connectivity index (χ4v) is 4.29. The smallest absolute Gasteiger partial charge is 0.223 e. The molecule has 3 saturated heterocycles. The standard InChI is InChI=1S/C22H24FN5O2/c23-17-4-2-16(3-5-17)20(14-29)25-8-7-22(30)27-12-18-9-19(13-27)28(18)21-6-1-15(10-24)11-26-21/h1-6,11,18-20,25,29H,7-9,12-14H2/t18?,19?,20-/m0/s1. The maximum atomic E-state index is 13.1. The van der Waals surface area contributed by atoms with Crippen LogP contribution in [0, 0.1) is 17.1 Å². The number of hydrogen-bond acceptors (Lipinski definition) is 6. The van der Waals surface area contributed by atoms with E-state index in [1.807, 2.05) is 11.0 Å². The minimum absolute atomic E-state index is 0.0837. The van der Waals surface area contributed by atoms with Gasteiger partial charge in [-0.2, -0.15) is 5.26 Å². The number of anilines is 1. The van der Waals surface area contributed by atoms with Gasteiger partial charge < -0.3 is 20.2 Å². The summed E-state index contributed by atoms with van der Waals surface area (Å²) >= 11 is 0. The van der Waals surface area contributed by atoms with Crippen LogP contribution in [0.2, 0.25) is 0 Å². The van der Waals surface area contributed by atoms with Crippen molar-refractivity contribution >= 4 is 11.7 Å². The highest BCUT2D eigenvalue weighted by atomic mass is 19.1. The Morgan fingerprint density at radius 1 is 1.27 bits per heavy atom. The van der Waals surface area contributed by atoms with E-state index in [0.717, 1.165) is 17.8 Å². The molecule has 0 aliphatic carbocycles. The molecule has 1 aromatic heterocycles. The normalized spacial score (nSPS) is 21.0. The molecule has 2 bridgehead atoms. The Kier molecular flexibility index (Phi) is 5.93. The molecule has 1 aromatic carbocycles. The van der Waals surface area contributed by atoms with Crippen molar-refractivity contribution in [2.24, 2.45) is 0 Å². The van der Waals surface area contributed by atoms with E-state index in [9.17, 15) is 14.3 Å². The van der Waals surface area contributed by atoms with Crippen molar-refractivity contribution in [3.05, 3.63) is 59.5 Å². The van der Waals surface area contributed by atoms with E-state index in [1.54, 1.807) is 24.4 Å². The second-order valence-electron chi connectivity index (χ2n) is 7.76. The van der Waals surface area contributed by atoms with Gasteiger partial charge in [-0.15, -0.1) is 0 Å². The molecule has 5 rings (SSSR count). The van der Waals surface area contributed by atoms with Gasteiger partial charge in [0.2, 0.25) is 5.91 Å². The van der Waals surface area contributed by atoms with Crippen LogP contribution in [-0.4, -0.2) is 59.2 Å².